The van der Waals surface area contributed by atoms with E-state index in [0.29, 0.717) is 19.4 Å². The molecule has 2 atom stereocenters. The van der Waals surface area contributed by atoms with Crippen molar-refractivity contribution in [3.05, 3.63) is 107 Å². The highest BCUT2D eigenvalue weighted by atomic mass is 16.4. The molecule has 2 aliphatic heterocycles. The van der Waals surface area contributed by atoms with Gasteiger partial charge in [0.15, 0.2) is 5.54 Å². The van der Waals surface area contributed by atoms with Crippen LogP contribution in [0.25, 0.3) is 0 Å². The Morgan fingerprint density at radius 3 is 1.95 bits per heavy atom. The third kappa shape index (κ3) is 4.17. The zero-order valence-electron chi connectivity index (χ0n) is 22.3. The Labute approximate surface area is 224 Å². The summed E-state index contributed by atoms with van der Waals surface area (Å²) in [5, 5.41) is 20.6. The summed E-state index contributed by atoms with van der Waals surface area (Å²) in [4.78, 5) is 28.7. The number of amides is 1. The zero-order chi connectivity index (χ0) is 27.1. The van der Waals surface area contributed by atoms with E-state index in [2.05, 4.69) is 74.2 Å². The number of benzene rings is 3. The fraction of sp³-hybridized carbons (Fsp3) is 0.375. The number of hydrogen-bond acceptors (Lipinski definition) is 3. The van der Waals surface area contributed by atoms with Gasteiger partial charge in [0.2, 0.25) is 0 Å². The maximum absolute atomic E-state index is 12.9. The van der Waals surface area contributed by atoms with Crippen LogP contribution in [0.2, 0.25) is 0 Å². The van der Waals surface area contributed by atoms with Crippen LogP contribution in [0.3, 0.4) is 0 Å². The van der Waals surface area contributed by atoms with Gasteiger partial charge in [0.1, 0.15) is 0 Å². The molecule has 0 radical (unpaired) electrons. The van der Waals surface area contributed by atoms with Gasteiger partial charge in [-0.25, -0.2) is 9.59 Å². The molecule has 3 aromatic carbocycles. The first-order valence-corrected chi connectivity index (χ1v) is 13.3. The summed E-state index contributed by atoms with van der Waals surface area (Å²) in [5.41, 5.74) is 2.10. The minimum atomic E-state index is -1.50. The molecule has 2 bridgehead atoms. The Bertz CT molecular complexity index is 1280. The maximum atomic E-state index is 12.9. The van der Waals surface area contributed by atoms with Gasteiger partial charge < -0.3 is 10.2 Å². The summed E-state index contributed by atoms with van der Waals surface area (Å²) >= 11 is 0. The summed E-state index contributed by atoms with van der Waals surface area (Å²) in [5.74, 6) is -1.08. The Kier molecular flexibility index (Phi) is 6.56. The molecule has 2 N–H and O–H groups in total. The zero-order valence-corrected chi connectivity index (χ0v) is 22.3. The number of piperazine rings is 1. The van der Waals surface area contributed by atoms with Gasteiger partial charge in [-0.05, 0) is 46.9 Å². The van der Waals surface area contributed by atoms with Gasteiger partial charge in [0.25, 0.3) is 0 Å². The fourth-order valence-electron chi connectivity index (χ4n) is 6.81. The molecule has 6 nitrogen and oxygen atoms in total. The van der Waals surface area contributed by atoms with Crippen LogP contribution in [0.1, 0.15) is 55.9 Å². The molecule has 0 saturated carbocycles. The van der Waals surface area contributed by atoms with E-state index in [1.165, 1.54) is 10.5 Å². The molecular formula is C32H36N2O4. The summed E-state index contributed by atoms with van der Waals surface area (Å²) in [7, 11) is 0. The van der Waals surface area contributed by atoms with E-state index < -0.39 is 29.2 Å². The number of carboxylic acids is 1. The molecule has 2 aliphatic rings. The van der Waals surface area contributed by atoms with E-state index in [9.17, 15) is 19.8 Å². The normalized spacial score (nSPS) is 21.9. The second-order valence-electron chi connectivity index (χ2n) is 11.9. The van der Waals surface area contributed by atoms with Crippen LogP contribution in [0.5, 0.6) is 0 Å². The number of likely N-dealkylation sites (tertiary alicyclic amines) is 1. The molecule has 6 heteroatoms. The van der Waals surface area contributed by atoms with Crippen molar-refractivity contribution in [2.45, 2.75) is 57.2 Å². The predicted octanol–water partition coefficient (Wildman–Crippen LogP) is 5.85. The SMILES string of the molecule is CC(C)(C)Cc1ccccc1C(c1ccccc1)(c1ccccc1)N1CC2CCC(C(=O)O)(C1)N2C(=O)O. The Morgan fingerprint density at radius 2 is 1.42 bits per heavy atom. The van der Waals surface area contributed by atoms with E-state index in [-0.39, 0.29) is 12.0 Å². The van der Waals surface area contributed by atoms with Crippen molar-refractivity contribution in [2.24, 2.45) is 5.41 Å². The first-order valence-electron chi connectivity index (χ1n) is 13.3. The predicted molar refractivity (Wildman–Crippen MR) is 147 cm³/mol. The largest absolute Gasteiger partial charge is 0.479 e. The number of rotatable bonds is 6. The van der Waals surface area contributed by atoms with Crippen molar-refractivity contribution in [3.63, 3.8) is 0 Å². The van der Waals surface area contributed by atoms with Crippen molar-refractivity contribution < 1.29 is 19.8 Å². The monoisotopic (exact) mass is 512 g/mol. The average molecular weight is 513 g/mol. The number of fused-ring (bicyclic) bond motifs is 2. The Morgan fingerprint density at radius 1 is 0.868 bits per heavy atom. The van der Waals surface area contributed by atoms with Crippen molar-refractivity contribution >= 4 is 12.1 Å². The lowest BCUT2D eigenvalue weighted by atomic mass is 9.71. The lowest BCUT2D eigenvalue weighted by Gasteiger charge is -2.54. The quantitative estimate of drug-likeness (QED) is 0.405. The Hall–Kier alpha value is -3.64. The molecule has 38 heavy (non-hydrogen) atoms. The summed E-state index contributed by atoms with van der Waals surface area (Å²) in [6.45, 7) is 7.21. The number of nitrogens with zero attached hydrogens (tertiary/aromatic N) is 2. The number of carbonyl (C=O) groups is 2. The molecule has 5 rings (SSSR count). The van der Waals surface area contributed by atoms with E-state index in [1.807, 2.05) is 36.4 Å². The lowest BCUT2D eigenvalue weighted by Crippen LogP contribution is -2.69. The summed E-state index contributed by atoms with van der Waals surface area (Å²) in [6.07, 6.45) is 0.512. The molecule has 0 aromatic heterocycles. The van der Waals surface area contributed by atoms with Gasteiger partial charge in [-0.3, -0.25) is 9.80 Å². The second-order valence-corrected chi connectivity index (χ2v) is 11.9. The highest BCUT2D eigenvalue weighted by molar-refractivity contribution is 5.86. The van der Waals surface area contributed by atoms with Crippen molar-refractivity contribution in [2.75, 3.05) is 13.1 Å². The van der Waals surface area contributed by atoms with Crippen LogP contribution in [0.15, 0.2) is 84.9 Å². The number of carboxylic acid groups (broad SMARTS) is 2. The van der Waals surface area contributed by atoms with Crippen LogP contribution in [-0.2, 0) is 16.8 Å². The first-order chi connectivity index (χ1) is 18.1. The minimum absolute atomic E-state index is 0.0263. The maximum Gasteiger partial charge on any atom is 0.408 e. The third-order valence-electron chi connectivity index (χ3n) is 8.19. The van der Waals surface area contributed by atoms with Crippen LogP contribution < -0.4 is 0 Å². The van der Waals surface area contributed by atoms with E-state index in [0.717, 1.165) is 23.1 Å². The van der Waals surface area contributed by atoms with Gasteiger partial charge in [0.05, 0.1) is 5.54 Å². The van der Waals surface area contributed by atoms with E-state index in [1.54, 1.807) is 0 Å². The van der Waals surface area contributed by atoms with Gasteiger partial charge in [0, 0.05) is 19.1 Å². The second kappa shape index (κ2) is 9.59. The Balaban J connectivity index is 1.82. The fourth-order valence-corrected chi connectivity index (χ4v) is 6.81. The van der Waals surface area contributed by atoms with Crippen molar-refractivity contribution in [1.82, 2.24) is 9.80 Å². The molecule has 2 fully saturated rings. The molecule has 1 amide bonds. The molecule has 0 spiro atoms. The van der Waals surface area contributed by atoms with Crippen molar-refractivity contribution in [1.29, 1.82) is 0 Å². The summed E-state index contributed by atoms with van der Waals surface area (Å²) in [6, 6.07) is 28.6. The van der Waals surface area contributed by atoms with Crippen LogP contribution in [-0.4, -0.2) is 56.7 Å². The highest BCUT2D eigenvalue weighted by Crippen LogP contribution is 2.50. The smallest absolute Gasteiger partial charge is 0.408 e. The van der Waals surface area contributed by atoms with Gasteiger partial charge >= 0.3 is 12.1 Å². The summed E-state index contributed by atoms with van der Waals surface area (Å²) < 4.78 is 0. The number of aliphatic carboxylic acids is 1. The number of hydrogen-bond donors (Lipinski definition) is 2. The molecule has 2 unspecified atom stereocenters. The molecule has 198 valence electrons. The molecule has 2 heterocycles. The van der Waals surface area contributed by atoms with E-state index in [4.69, 9.17) is 0 Å². The first kappa shape index (κ1) is 26.0. The molecule has 2 saturated heterocycles. The molecule has 0 aliphatic carbocycles. The standard InChI is InChI=1S/C32H36N2O4/c1-30(2,3)20-23-12-10-11-17-27(23)32(24-13-6-4-7-14-24,25-15-8-5-9-16-25)33-21-26-18-19-31(22-33,28(35)36)34(26)29(37)38/h4-17,26H,18-22H2,1-3H3,(H,35,36)(H,37,38). The third-order valence-corrected chi connectivity index (χ3v) is 8.19. The van der Waals surface area contributed by atoms with Crippen LogP contribution in [0, 0.1) is 5.41 Å². The lowest BCUT2D eigenvalue weighted by molar-refractivity contribution is -0.154. The molecular weight excluding hydrogens is 476 g/mol. The van der Waals surface area contributed by atoms with E-state index >= 15 is 0 Å². The van der Waals surface area contributed by atoms with Crippen LogP contribution >= 0.6 is 0 Å². The highest BCUT2D eigenvalue weighted by Gasteiger charge is 2.62. The van der Waals surface area contributed by atoms with Gasteiger partial charge in [-0.1, -0.05) is 106 Å². The minimum Gasteiger partial charge on any atom is -0.479 e. The topological polar surface area (TPSA) is 81.1 Å². The van der Waals surface area contributed by atoms with Gasteiger partial charge in [-0.15, -0.1) is 0 Å². The average Bonchev–Trinajstić information content (AvgIpc) is 3.14. The van der Waals surface area contributed by atoms with Crippen LogP contribution in [0.4, 0.5) is 4.79 Å². The molecule has 3 aromatic rings. The van der Waals surface area contributed by atoms with Crippen molar-refractivity contribution in [3.8, 4) is 0 Å². The van der Waals surface area contributed by atoms with Gasteiger partial charge in [-0.2, -0.15) is 0 Å².